The Bertz CT molecular complexity index is 900. The van der Waals surface area contributed by atoms with Crippen LogP contribution in [0.3, 0.4) is 0 Å². The van der Waals surface area contributed by atoms with Crippen molar-refractivity contribution in [2.75, 3.05) is 13.6 Å². The highest BCUT2D eigenvalue weighted by atomic mass is 19.1. The van der Waals surface area contributed by atoms with Gasteiger partial charge in [0, 0.05) is 18.6 Å². The van der Waals surface area contributed by atoms with E-state index in [1.165, 1.54) is 24.1 Å². The summed E-state index contributed by atoms with van der Waals surface area (Å²) >= 11 is 0. The molecular weight excluding hydrogens is 367 g/mol. The molecule has 4 nitrogen and oxygen atoms in total. The van der Waals surface area contributed by atoms with Crippen molar-refractivity contribution in [2.45, 2.75) is 56.3 Å². The SMILES string of the molecule is CN1C2CCC1[C@@H](OC(=O)N1CCc3ccccc3[C@@H]1c1ccc(F)cc1)CC2. The molecule has 5 rings (SSSR count). The maximum atomic E-state index is 13.5. The number of benzene rings is 2. The lowest BCUT2D eigenvalue weighted by atomic mass is 9.88. The number of hydrogen-bond acceptors (Lipinski definition) is 3. The third-order valence-electron chi connectivity index (χ3n) is 7.06. The average molecular weight is 394 g/mol. The van der Waals surface area contributed by atoms with Gasteiger partial charge < -0.3 is 4.74 Å². The molecule has 2 aromatic carbocycles. The van der Waals surface area contributed by atoms with Crippen molar-refractivity contribution in [3.05, 3.63) is 71.0 Å². The van der Waals surface area contributed by atoms with Crippen LogP contribution in [0.4, 0.5) is 9.18 Å². The van der Waals surface area contributed by atoms with Gasteiger partial charge in [0.15, 0.2) is 0 Å². The van der Waals surface area contributed by atoms with E-state index in [1.54, 1.807) is 12.1 Å². The lowest BCUT2D eigenvalue weighted by molar-refractivity contribution is -0.00935. The van der Waals surface area contributed by atoms with Crippen LogP contribution in [0.1, 0.15) is 48.4 Å². The molecule has 29 heavy (non-hydrogen) atoms. The first-order chi connectivity index (χ1) is 14.1. The van der Waals surface area contributed by atoms with Crippen molar-refractivity contribution in [3.8, 4) is 0 Å². The monoisotopic (exact) mass is 394 g/mol. The number of carbonyl (C=O) groups is 1. The molecule has 2 aromatic rings. The van der Waals surface area contributed by atoms with Crippen molar-refractivity contribution >= 4 is 6.09 Å². The first kappa shape index (κ1) is 18.6. The topological polar surface area (TPSA) is 32.8 Å². The highest BCUT2D eigenvalue weighted by molar-refractivity contribution is 5.70. The van der Waals surface area contributed by atoms with Crippen LogP contribution in [0.25, 0.3) is 0 Å². The van der Waals surface area contributed by atoms with Gasteiger partial charge in [0.2, 0.25) is 0 Å². The number of likely N-dealkylation sites (N-methyl/N-ethyl adjacent to an activating group) is 1. The Morgan fingerprint density at radius 3 is 2.62 bits per heavy atom. The number of fused-ring (bicyclic) bond motifs is 3. The van der Waals surface area contributed by atoms with Gasteiger partial charge in [-0.1, -0.05) is 36.4 Å². The minimum atomic E-state index is -0.270. The fourth-order valence-electron chi connectivity index (χ4n) is 5.49. The van der Waals surface area contributed by atoms with Crippen LogP contribution in [0.15, 0.2) is 48.5 Å². The summed E-state index contributed by atoms with van der Waals surface area (Å²) in [5.41, 5.74) is 3.25. The molecule has 5 heteroatoms. The zero-order valence-corrected chi connectivity index (χ0v) is 16.8. The van der Waals surface area contributed by atoms with Gasteiger partial charge in [0.05, 0.1) is 6.04 Å². The number of rotatable bonds is 2. The fourth-order valence-corrected chi connectivity index (χ4v) is 5.49. The van der Waals surface area contributed by atoms with Crippen LogP contribution >= 0.6 is 0 Å². The van der Waals surface area contributed by atoms with E-state index in [4.69, 9.17) is 4.74 Å². The lowest BCUT2D eigenvalue weighted by Crippen LogP contribution is -2.49. The third-order valence-corrected chi connectivity index (χ3v) is 7.06. The highest BCUT2D eigenvalue weighted by Gasteiger charge is 2.43. The van der Waals surface area contributed by atoms with Crippen molar-refractivity contribution < 1.29 is 13.9 Å². The van der Waals surface area contributed by atoms with E-state index in [0.717, 1.165) is 36.8 Å². The zero-order valence-electron chi connectivity index (χ0n) is 16.8. The van der Waals surface area contributed by atoms with Gasteiger partial charge >= 0.3 is 6.09 Å². The standard InChI is InChI=1S/C24H27FN2O2/c1-26-19-10-12-21(26)22(13-11-19)29-24(28)27-15-14-16-4-2-3-5-20(16)23(27)17-6-8-18(25)9-7-17/h2-9,19,21-23H,10-15H2,1H3/t19?,21?,22-,23-/m0/s1. The molecule has 0 aromatic heterocycles. The summed E-state index contributed by atoms with van der Waals surface area (Å²) in [6, 6.07) is 15.4. The first-order valence-corrected chi connectivity index (χ1v) is 10.6. The molecule has 0 N–H and O–H groups in total. The zero-order chi connectivity index (χ0) is 20.0. The molecule has 2 unspecified atom stereocenters. The smallest absolute Gasteiger partial charge is 0.410 e. The maximum absolute atomic E-state index is 13.5. The molecule has 2 saturated heterocycles. The maximum Gasteiger partial charge on any atom is 0.410 e. The number of piperidine rings is 1. The number of nitrogens with zero attached hydrogens (tertiary/aromatic N) is 2. The molecule has 1 amide bonds. The molecule has 2 fully saturated rings. The van der Waals surface area contributed by atoms with Crippen LogP contribution < -0.4 is 0 Å². The number of halogens is 1. The van der Waals surface area contributed by atoms with E-state index in [-0.39, 0.29) is 24.1 Å². The Morgan fingerprint density at radius 2 is 1.79 bits per heavy atom. The summed E-state index contributed by atoms with van der Waals surface area (Å²) in [6.07, 6.45) is 4.84. The summed E-state index contributed by atoms with van der Waals surface area (Å²) in [6.45, 7) is 0.605. The van der Waals surface area contributed by atoms with Crippen LogP contribution in [-0.2, 0) is 11.2 Å². The van der Waals surface area contributed by atoms with Crippen LogP contribution in [0, 0.1) is 5.82 Å². The molecule has 3 heterocycles. The van der Waals surface area contributed by atoms with Crippen molar-refractivity contribution in [1.29, 1.82) is 0 Å². The second-order valence-electron chi connectivity index (χ2n) is 8.56. The number of amides is 1. The second-order valence-corrected chi connectivity index (χ2v) is 8.56. The van der Waals surface area contributed by atoms with Gasteiger partial charge in [-0.3, -0.25) is 9.80 Å². The van der Waals surface area contributed by atoms with Gasteiger partial charge in [-0.05, 0) is 68.0 Å². The van der Waals surface area contributed by atoms with Gasteiger partial charge in [-0.2, -0.15) is 0 Å². The number of ether oxygens (including phenoxy) is 1. The first-order valence-electron chi connectivity index (χ1n) is 10.6. The van der Waals surface area contributed by atoms with Crippen LogP contribution in [-0.4, -0.2) is 47.7 Å². The van der Waals surface area contributed by atoms with Gasteiger partial charge in [0.1, 0.15) is 11.9 Å². The highest BCUT2D eigenvalue weighted by Crippen LogP contribution is 2.38. The summed E-state index contributed by atoms with van der Waals surface area (Å²) < 4.78 is 19.6. The summed E-state index contributed by atoms with van der Waals surface area (Å²) in [5, 5.41) is 0. The van der Waals surface area contributed by atoms with E-state index in [9.17, 15) is 9.18 Å². The Kier molecular flexibility index (Phi) is 4.78. The summed E-state index contributed by atoms with van der Waals surface area (Å²) in [7, 11) is 2.15. The average Bonchev–Trinajstić information content (AvgIpc) is 2.97. The van der Waals surface area contributed by atoms with E-state index in [2.05, 4.69) is 24.1 Å². The van der Waals surface area contributed by atoms with Crippen LogP contribution in [0.5, 0.6) is 0 Å². The fraction of sp³-hybridized carbons (Fsp3) is 0.458. The predicted molar refractivity (Wildman–Crippen MR) is 109 cm³/mol. The Balaban J connectivity index is 1.43. The Hall–Kier alpha value is -2.40. The van der Waals surface area contributed by atoms with Crippen molar-refractivity contribution in [3.63, 3.8) is 0 Å². The molecule has 0 radical (unpaired) electrons. The van der Waals surface area contributed by atoms with E-state index in [0.29, 0.717) is 18.6 Å². The molecule has 3 aliphatic rings. The van der Waals surface area contributed by atoms with Gasteiger partial charge in [-0.15, -0.1) is 0 Å². The minimum absolute atomic E-state index is 0.0442. The Labute approximate surface area is 171 Å². The molecule has 3 aliphatic heterocycles. The van der Waals surface area contributed by atoms with Gasteiger partial charge in [-0.25, -0.2) is 9.18 Å². The number of carbonyl (C=O) groups excluding carboxylic acids is 1. The van der Waals surface area contributed by atoms with Gasteiger partial charge in [0.25, 0.3) is 0 Å². The van der Waals surface area contributed by atoms with E-state index >= 15 is 0 Å². The molecule has 0 spiro atoms. The molecule has 4 atom stereocenters. The largest absolute Gasteiger partial charge is 0.444 e. The predicted octanol–water partition coefficient (Wildman–Crippen LogP) is 4.54. The molecule has 2 bridgehead atoms. The van der Waals surface area contributed by atoms with Crippen LogP contribution in [0.2, 0.25) is 0 Å². The summed E-state index contributed by atoms with van der Waals surface area (Å²) in [4.78, 5) is 17.5. The third kappa shape index (κ3) is 3.31. The minimum Gasteiger partial charge on any atom is -0.444 e. The quantitative estimate of drug-likeness (QED) is 0.750. The Morgan fingerprint density at radius 1 is 1.03 bits per heavy atom. The van der Waals surface area contributed by atoms with Crippen molar-refractivity contribution in [2.24, 2.45) is 0 Å². The molecular formula is C24H27FN2O2. The van der Waals surface area contributed by atoms with E-state index in [1.807, 2.05) is 17.0 Å². The second kappa shape index (κ2) is 7.45. The lowest BCUT2D eigenvalue weighted by Gasteiger charge is -2.40. The molecule has 0 saturated carbocycles. The summed E-state index contributed by atoms with van der Waals surface area (Å²) in [5.74, 6) is -0.270. The number of hydrogen-bond donors (Lipinski definition) is 0. The molecule has 152 valence electrons. The van der Waals surface area contributed by atoms with E-state index < -0.39 is 0 Å². The van der Waals surface area contributed by atoms with Crippen molar-refractivity contribution in [1.82, 2.24) is 9.80 Å². The molecule has 0 aliphatic carbocycles. The normalized spacial score (nSPS) is 28.8.